The molecule has 11 heteroatoms. The minimum atomic E-state index is -0.808. The third kappa shape index (κ3) is 6.43. The summed E-state index contributed by atoms with van der Waals surface area (Å²) in [7, 11) is 1.34. The van der Waals surface area contributed by atoms with Gasteiger partial charge in [0.05, 0.1) is 27.8 Å². The zero-order chi connectivity index (χ0) is 25.5. The molecule has 0 spiro atoms. The van der Waals surface area contributed by atoms with Gasteiger partial charge in [0.25, 0.3) is 11.6 Å². The van der Waals surface area contributed by atoms with Gasteiger partial charge in [0, 0.05) is 22.7 Å². The fourth-order valence-corrected chi connectivity index (χ4v) is 3.78. The maximum Gasteiger partial charge on any atom is 0.271 e. The normalized spacial score (nSPS) is 10.9. The number of benzene rings is 3. The maximum atomic E-state index is 12.7. The number of rotatable bonds is 8. The third-order valence-corrected chi connectivity index (χ3v) is 5.60. The van der Waals surface area contributed by atoms with Gasteiger partial charge in [-0.2, -0.15) is 5.26 Å². The molecule has 1 N–H and O–H groups in total. The van der Waals surface area contributed by atoms with E-state index in [4.69, 9.17) is 44.3 Å². The first-order valence-electron chi connectivity index (χ1n) is 9.84. The lowest BCUT2D eigenvalue weighted by atomic mass is 10.1. The monoisotopic (exact) mass is 531 g/mol. The number of nitrogens with one attached hydrogen (secondary N) is 1. The molecule has 35 heavy (non-hydrogen) atoms. The molecule has 3 rings (SSSR count). The third-order valence-electron chi connectivity index (χ3n) is 4.67. The van der Waals surface area contributed by atoms with Gasteiger partial charge >= 0.3 is 0 Å². The highest BCUT2D eigenvalue weighted by atomic mass is 35.5. The van der Waals surface area contributed by atoms with Crippen LogP contribution in [0.15, 0.2) is 60.2 Å². The highest BCUT2D eigenvalue weighted by Crippen LogP contribution is 2.36. The molecule has 0 aliphatic carbocycles. The van der Waals surface area contributed by atoms with Crippen molar-refractivity contribution in [3.63, 3.8) is 0 Å². The van der Waals surface area contributed by atoms with E-state index in [0.29, 0.717) is 10.6 Å². The fraction of sp³-hybridized carbons (Fsp3) is 0.0833. The minimum absolute atomic E-state index is 0.0345. The number of carbonyl (C=O) groups is 1. The smallest absolute Gasteiger partial charge is 0.271 e. The predicted molar refractivity (Wildman–Crippen MR) is 134 cm³/mol. The lowest BCUT2D eigenvalue weighted by Gasteiger charge is -2.12. The van der Waals surface area contributed by atoms with Crippen molar-refractivity contribution in [3.8, 4) is 17.6 Å². The van der Waals surface area contributed by atoms with Crippen LogP contribution in [-0.4, -0.2) is 17.9 Å². The van der Waals surface area contributed by atoms with Crippen molar-refractivity contribution in [1.29, 1.82) is 5.26 Å². The van der Waals surface area contributed by atoms with Crippen LogP contribution in [0.5, 0.6) is 11.5 Å². The first-order chi connectivity index (χ1) is 16.7. The molecule has 178 valence electrons. The Labute approximate surface area is 215 Å². The number of carbonyl (C=O) groups excluding carboxylic acids is 1. The molecule has 8 nitrogen and oxygen atoms in total. The Hall–Kier alpha value is -3.77. The summed E-state index contributed by atoms with van der Waals surface area (Å²) >= 11 is 18.8. The molecule has 0 aromatic heterocycles. The maximum absolute atomic E-state index is 12.7. The van der Waals surface area contributed by atoms with E-state index in [1.54, 1.807) is 24.3 Å². The Morgan fingerprint density at radius 1 is 1.11 bits per heavy atom. The first-order valence-corrected chi connectivity index (χ1v) is 11.0. The van der Waals surface area contributed by atoms with Crippen LogP contribution < -0.4 is 14.8 Å². The molecule has 0 fully saturated rings. The second-order valence-corrected chi connectivity index (χ2v) is 8.18. The molecule has 0 saturated carbocycles. The Bertz CT molecular complexity index is 1350. The van der Waals surface area contributed by atoms with E-state index in [1.807, 2.05) is 6.07 Å². The number of halogens is 3. The SMILES string of the molecule is COc1ccc([N+](=O)[O-])cc1NC(=O)/C(C#N)=C/c1cc(Cl)c(OCc2ccccc2Cl)c(Cl)c1. The zero-order valence-corrected chi connectivity index (χ0v) is 20.3. The molecule has 0 unspecified atom stereocenters. The Kier molecular flexibility index (Phi) is 8.55. The number of methoxy groups -OCH3 is 1. The van der Waals surface area contributed by atoms with Gasteiger partial charge in [0.1, 0.15) is 24.0 Å². The largest absolute Gasteiger partial charge is 0.495 e. The van der Waals surface area contributed by atoms with E-state index < -0.39 is 10.8 Å². The molecular formula is C24H16Cl3N3O5. The van der Waals surface area contributed by atoms with Gasteiger partial charge in [0.15, 0.2) is 5.75 Å². The van der Waals surface area contributed by atoms with Crippen molar-refractivity contribution in [3.05, 3.63) is 96.5 Å². The number of nitro benzene ring substituents is 1. The number of amides is 1. The summed E-state index contributed by atoms with van der Waals surface area (Å²) in [6, 6.07) is 15.6. The van der Waals surface area contributed by atoms with E-state index in [9.17, 15) is 20.2 Å². The van der Waals surface area contributed by atoms with E-state index in [0.717, 1.165) is 11.6 Å². The Morgan fingerprint density at radius 3 is 2.40 bits per heavy atom. The summed E-state index contributed by atoms with van der Waals surface area (Å²) in [5.41, 5.74) is 0.588. The van der Waals surface area contributed by atoms with Gasteiger partial charge in [-0.3, -0.25) is 14.9 Å². The zero-order valence-electron chi connectivity index (χ0n) is 18.1. The number of ether oxygens (including phenoxy) is 2. The standard InChI is InChI=1S/C24H16Cl3N3O5/c1-34-22-7-6-17(30(32)33)11-21(22)29-24(31)16(12-28)8-14-9-19(26)23(20(27)10-14)35-13-15-4-2-3-5-18(15)25/h2-11H,13H2,1H3,(H,29,31)/b16-8+. The lowest BCUT2D eigenvalue weighted by Crippen LogP contribution is -2.14. The van der Waals surface area contributed by atoms with Crippen LogP contribution in [0.1, 0.15) is 11.1 Å². The molecule has 3 aromatic carbocycles. The van der Waals surface area contributed by atoms with Crippen molar-refractivity contribution in [2.75, 3.05) is 12.4 Å². The number of hydrogen-bond acceptors (Lipinski definition) is 6. The van der Waals surface area contributed by atoms with Crippen molar-refractivity contribution >= 4 is 58.2 Å². The average Bonchev–Trinajstić information content (AvgIpc) is 2.82. The molecule has 0 bridgehead atoms. The lowest BCUT2D eigenvalue weighted by molar-refractivity contribution is -0.384. The second-order valence-electron chi connectivity index (χ2n) is 6.96. The molecule has 0 aliphatic rings. The average molecular weight is 533 g/mol. The number of nitriles is 1. The number of non-ortho nitro benzene ring substituents is 1. The first kappa shape index (κ1) is 25.8. The summed E-state index contributed by atoms with van der Waals surface area (Å²) in [5.74, 6) is -0.403. The summed E-state index contributed by atoms with van der Waals surface area (Å²) in [6.07, 6.45) is 1.27. The number of hydrogen-bond donors (Lipinski definition) is 1. The van der Waals surface area contributed by atoms with Crippen molar-refractivity contribution < 1.29 is 19.2 Å². The highest BCUT2D eigenvalue weighted by molar-refractivity contribution is 6.37. The minimum Gasteiger partial charge on any atom is -0.495 e. The molecule has 0 aliphatic heterocycles. The van der Waals surface area contributed by atoms with E-state index in [1.165, 1.54) is 37.5 Å². The predicted octanol–water partition coefficient (Wildman–Crippen LogP) is 6.69. The molecule has 0 saturated heterocycles. The summed E-state index contributed by atoms with van der Waals surface area (Å²) < 4.78 is 10.8. The molecule has 0 radical (unpaired) electrons. The van der Waals surface area contributed by atoms with Gasteiger partial charge in [-0.05, 0) is 35.9 Å². The quantitative estimate of drug-likeness (QED) is 0.150. The van der Waals surface area contributed by atoms with Crippen LogP contribution in [0.3, 0.4) is 0 Å². The van der Waals surface area contributed by atoms with Gasteiger partial charge < -0.3 is 14.8 Å². The van der Waals surface area contributed by atoms with Crippen LogP contribution >= 0.6 is 34.8 Å². The fourth-order valence-electron chi connectivity index (χ4n) is 2.98. The molecule has 0 heterocycles. The van der Waals surface area contributed by atoms with Crippen LogP contribution in [0.25, 0.3) is 6.08 Å². The Morgan fingerprint density at radius 2 is 1.80 bits per heavy atom. The molecule has 0 atom stereocenters. The second kappa shape index (κ2) is 11.6. The number of nitro groups is 1. The van der Waals surface area contributed by atoms with Gasteiger partial charge in [-0.25, -0.2) is 0 Å². The van der Waals surface area contributed by atoms with Gasteiger partial charge in [-0.15, -0.1) is 0 Å². The van der Waals surface area contributed by atoms with Crippen molar-refractivity contribution in [1.82, 2.24) is 0 Å². The van der Waals surface area contributed by atoms with Gasteiger partial charge in [-0.1, -0.05) is 53.0 Å². The van der Waals surface area contributed by atoms with E-state index in [2.05, 4.69) is 5.32 Å². The summed E-state index contributed by atoms with van der Waals surface area (Å²) in [5, 5.41) is 23.9. The van der Waals surface area contributed by atoms with Gasteiger partial charge in [0.2, 0.25) is 0 Å². The number of anilines is 1. The summed E-state index contributed by atoms with van der Waals surface area (Å²) in [6.45, 7) is 0.130. The summed E-state index contributed by atoms with van der Waals surface area (Å²) in [4.78, 5) is 23.1. The van der Waals surface area contributed by atoms with Crippen LogP contribution in [0.2, 0.25) is 15.1 Å². The van der Waals surface area contributed by atoms with Crippen molar-refractivity contribution in [2.45, 2.75) is 6.61 Å². The molecule has 3 aromatic rings. The van der Waals surface area contributed by atoms with E-state index >= 15 is 0 Å². The molecule has 1 amide bonds. The molecular weight excluding hydrogens is 517 g/mol. The topological polar surface area (TPSA) is 114 Å². The van der Waals surface area contributed by atoms with Crippen molar-refractivity contribution in [2.24, 2.45) is 0 Å². The van der Waals surface area contributed by atoms with Crippen LogP contribution in [-0.2, 0) is 11.4 Å². The Balaban J connectivity index is 1.83. The number of nitrogens with zero attached hydrogens (tertiary/aromatic N) is 2. The van der Waals surface area contributed by atoms with Crippen LogP contribution in [0.4, 0.5) is 11.4 Å². The highest BCUT2D eigenvalue weighted by Gasteiger charge is 2.17. The van der Waals surface area contributed by atoms with E-state index in [-0.39, 0.29) is 45.1 Å². The van der Waals surface area contributed by atoms with Crippen LogP contribution in [0, 0.1) is 21.4 Å².